The summed E-state index contributed by atoms with van der Waals surface area (Å²) in [5.41, 5.74) is -0.163. The zero-order chi connectivity index (χ0) is 22.0. The SMILES string of the molecule is C#CCOP1(=O)CCN(c2c(F)cc(N3C[C@H](Cn4ccnn4)OC3=O)cc2F)CC1. The number of nitrogens with zero attached hydrogens (tertiary/aromatic N) is 5. The van der Waals surface area contributed by atoms with Gasteiger partial charge in [0.1, 0.15) is 18.4 Å². The highest BCUT2D eigenvalue weighted by molar-refractivity contribution is 7.59. The number of carbonyl (C=O) groups is 1. The number of aromatic nitrogens is 3. The van der Waals surface area contributed by atoms with Crippen molar-refractivity contribution in [3.8, 4) is 12.3 Å². The molecular formula is C19H20F2N5O4P. The molecular weight excluding hydrogens is 431 g/mol. The molecule has 2 fully saturated rings. The Bertz CT molecular complexity index is 1020. The van der Waals surface area contributed by atoms with Crippen molar-refractivity contribution in [3.05, 3.63) is 36.2 Å². The van der Waals surface area contributed by atoms with Gasteiger partial charge in [-0.05, 0) is 0 Å². The molecule has 0 N–H and O–H groups in total. The van der Waals surface area contributed by atoms with E-state index in [-0.39, 0.29) is 56.5 Å². The molecule has 1 aromatic heterocycles. The minimum Gasteiger partial charge on any atom is -0.442 e. The maximum absolute atomic E-state index is 14.9. The van der Waals surface area contributed by atoms with E-state index < -0.39 is 31.2 Å². The van der Waals surface area contributed by atoms with Crippen molar-refractivity contribution in [2.24, 2.45) is 0 Å². The van der Waals surface area contributed by atoms with Gasteiger partial charge in [0, 0.05) is 43.7 Å². The summed E-state index contributed by atoms with van der Waals surface area (Å²) < 4.78 is 54.3. The summed E-state index contributed by atoms with van der Waals surface area (Å²) in [7, 11) is -2.89. The second kappa shape index (κ2) is 8.65. The van der Waals surface area contributed by atoms with Crippen LogP contribution in [0.25, 0.3) is 0 Å². The molecule has 4 rings (SSSR count). The third-order valence-electron chi connectivity index (χ3n) is 5.17. The van der Waals surface area contributed by atoms with Crippen LogP contribution in [0.5, 0.6) is 0 Å². The number of hydrogen-bond acceptors (Lipinski definition) is 7. The van der Waals surface area contributed by atoms with Crippen molar-refractivity contribution >= 4 is 24.8 Å². The summed E-state index contributed by atoms with van der Waals surface area (Å²) in [6.45, 7) is 0.678. The lowest BCUT2D eigenvalue weighted by Gasteiger charge is -2.33. The fourth-order valence-electron chi connectivity index (χ4n) is 3.65. The molecule has 9 nitrogen and oxygen atoms in total. The van der Waals surface area contributed by atoms with Crippen LogP contribution in [-0.2, 0) is 20.4 Å². The number of halogens is 2. The highest BCUT2D eigenvalue weighted by atomic mass is 31.2. The van der Waals surface area contributed by atoms with Crippen molar-refractivity contribution < 1.29 is 27.4 Å². The summed E-state index contributed by atoms with van der Waals surface area (Å²) in [5.74, 6) is 0.643. The van der Waals surface area contributed by atoms with Crippen LogP contribution in [0.4, 0.5) is 25.0 Å². The minimum absolute atomic E-state index is 0.0570. The predicted octanol–water partition coefficient (Wildman–Crippen LogP) is 2.33. The fraction of sp³-hybridized carbons (Fsp3) is 0.421. The maximum atomic E-state index is 14.9. The smallest absolute Gasteiger partial charge is 0.414 e. The second-order valence-corrected chi connectivity index (χ2v) is 10.0. The van der Waals surface area contributed by atoms with E-state index in [2.05, 4.69) is 16.2 Å². The number of carbonyl (C=O) groups excluding carboxylic acids is 1. The number of rotatable bonds is 6. The van der Waals surface area contributed by atoms with Gasteiger partial charge in [0.2, 0.25) is 7.37 Å². The van der Waals surface area contributed by atoms with E-state index in [0.29, 0.717) is 0 Å². The highest BCUT2D eigenvalue weighted by Gasteiger charge is 2.35. The molecule has 2 aromatic rings. The first-order valence-corrected chi connectivity index (χ1v) is 11.6. The lowest BCUT2D eigenvalue weighted by atomic mass is 10.2. The van der Waals surface area contributed by atoms with E-state index in [1.54, 1.807) is 6.20 Å². The van der Waals surface area contributed by atoms with Crippen LogP contribution in [0.3, 0.4) is 0 Å². The predicted molar refractivity (Wildman–Crippen MR) is 108 cm³/mol. The summed E-state index contributed by atoms with van der Waals surface area (Å²) in [5, 5.41) is 7.50. The molecule has 12 heteroatoms. The van der Waals surface area contributed by atoms with Gasteiger partial charge in [-0.15, -0.1) is 11.5 Å². The van der Waals surface area contributed by atoms with Gasteiger partial charge in [-0.25, -0.2) is 18.3 Å². The average molecular weight is 451 g/mol. The van der Waals surface area contributed by atoms with Gasteiger partial charge in [0.25, 0.3) is 0 Å². The first-order valence-electron chi connectivity index (χ1n) is 9.61. The Morgan fingerprint density at radius 3 is 2.61 bits per heavy atom. The molecule has 2 saturated heterocycles. The van der Waals surface area contributed by atoms with Crippen LogP contribution in [-0.4, -0.2) is 65.8 Å². The van der Waals surface area contributed by atoms with Gasteiger partial charge in [-0.3, -0.25) is 9.46 Å². The van der Waals surface area contributed by atoms with Gasteiger partial charge < -0.3 is 14.2 Å². The first kappa shape index (κ1) is 21.3. The van der Waals surface area contributed by atoms with E-state index in [0.717, 1.165) is 12.1 Å². The van der Waals surface area contributed by atoms with Crippen molar-refractivity contribution in [1.82, 2.24) is 15.0 Å². The largest absolute Gasteiger partial charge is 0.442 e. The Morgan fingerprint density at radius 2 is 2.00 bits per heavy atom. The monoisotopic (exact) mass is 451 g/mol. The van der Waals surface area contributed by atoms with Crippen LogP contribution < -0.4 is 9.80 Å². The van der Waals surface area contributed by atoms with E-state index in [1.165, 1.54) is 20.7 Å². The second-order valence-electron chi connectivity index (χ2n) is 7.23. The van der Waals surface area contributed by atoms with Crippen LogP contribution >= 0.6 is 7.37 Å². The molecule has 1 atom stereocenters. The fourth-order valence-corrected chi connectivity index (χ4v) is 5.54. The summed E-state index contributed by atoms with van der Waals surface area (Å²) in [6, 6.07) is 2.20. The average Bonchev–Trinajstić information content (AvgIpc) is 3.37. The van der Waals surface area contributed by atoms with Crippen molar-refractivity contribution in [1.29, 1.82) is 0 Å². The molecule has 2 aliphatic heterocycles. The van der Waals surface area contributed by atoms with E-state index in [4.69, 9.17) is 15.7 Å². The molecule has 3 heterocycles. The zero-order valence-electron chi connectivity index (χ0n) is 16.5. The van der Waals surface area contributed by atoms with Gasteiger partial charge in [-0.2, -0.15) is 0 Å². The molecule has 1 aromatic carbocycles. The molecule has 0 radical (unpaired) electrons. The molecule has 0 bridgehead atoms. The van der Waals surface area contributed by atoms with E-state index >= 15 is 0 Å². The number of hydrogen-bond donors (Lipinski definition) is 0. The molecule has 164 valence electrons. The Morgan fingerprint density at radius 1 is 1.29 bits per heavy atom. The first-order chi connectivity index (χ1) is 14.9. The Labute approximate surface area is 177 Å². The lowest BCUT2D eigenvalue weighted by molar-refractivity contribution is 0.129. The van der Waals surface area contributed by atoms with Crippen molar-refractivity contribution in [3.63, 3.8) is 0 Å². The number of cyclic esters (lactones) is 1. The molecule has 0 aliphatic carbocycles. The van der Waals surface area contributed by atoms with Crippen LogP contribution in [0.1, 0.15) is 0 Å². The van der Waals surface area contributed by atoms with Crippen molar-refractivity contribution in [2.45, 2.75) is 12.6 Å². The normalized spacial score (nSPS) is 20.5. The van der Waals surface area contributed by atoms with Gasteiger partial charge in [0.05, 0.1) is 25.0 Å². The number of anilines is 2. The minimum atomic E-state index is -2.89. The number of amides is 1. The van der Waals surface area contributed by atoms with Crippen LogP contribution in [0.15, 0.2) is 24.5 Å². The Hall–Kier alpha value is -2.96. The zero-order valence-corrected chi connectivity index (χ0v) is 17.4. The Balaban J connectivity index is 1.46. The molecule has 0 spiro atoms. The quantitative estimate of drug-likeness (QED) is 0.492. The molecule has 0 saturated carbocycles. The van der Waals surface area contributed by atoms with Crippen LogP contribution in [0, 0.1) is 24.0 Å². The standard InChI is InChI=1S/C19H20F2N5O4P/c1-2-7-29-31(28)8-5-24(6-9-31)18-16(20)10-14(11-17(18)21)26-13-15(30-19(26)27)12-25-4-3-22-23-25/h1,3-4,10-11,15H,5-9,12-13H2/t15-/m0/s1. The topological polar surface area (TPSA) is 89.8 Å². The number of benzene rings is 1. The van der Waals surface area contributed by atoms with E-state index in [9.17, 15) is 18.1 Å². The Kier molecular flexibility index (Phi) is 5.94. The van der Waals surface area contributed by atoms with Gasteiger partial charge >= 0.3 is 6.09 Å². The van der Waals surface area contributed by atoms with E-state index in [1.807, 2.05) is 0 Å². The summed E-state index contributed by atoms with van der Waals surface area (Å²) >= 11 is 0. The third kappa shape index (κ3) is 4.55. The summed E-state index contributed by atoms with van der Waals surface area (Å²) in [6.07, 6.45) is 7.33. The van der Waals surface area contributed by atoms with Crippen molar-refractivity contribution in [2.75, 3.05) is 48.4 Å². The summed E-state index contributed by atoms with van der Waals surface area (Å²) in [4.78, 5) is 14.9. The lowest BCUT2D eigenvalue weighted by Crippen LogP contribution is -2.36. The maximum Gasteiger partial charge on any atom is 0.414 e. The molecule has 1 amide bonds. The molecule has 31 heavy (non-hydrogen) atoms. The van der Waals surface area contributed by atoms with Gasteiger partial charge in [-0.1, -0.05) is 11.1 Å². The molecule has 2 aliphatic rings. The third-order valence-corrected chi connectivity index (χ3v) is 7.53. The number of terminal acetylenes is 1. The number of ether oxygens (including phenoxy) is 1. The van der Waals surface area contributed by atoms with Gasteiger partial charge in [0.15, 0.2) is 11.6 Å². The molecule has 0 unspecified atom stereocenters. The van der Waals surface area contributed by atoms with Crippen LogP contribution in [0.2, 0.25) is 0 Å². The highest BCUT2D eigenvalue weighted by Crippen LogP contribution is 2.49.